The Morgan fingerprint density at radius 1 is 1.24 bits per heavy atom. The minimum atomic E-state index is -3.64. The first kappa shape index (κ1) is 15.6. The number of benzene rings is 1. The Morgan fingerprint density at radius 2 is 1.90 bits per heavy atom. The van der Waals surface area contributed by atoms with Gasteiger partial charge in [-0.1, -0.05) is 17.7 Å². The zero-order chi connectivity index (χ0) is 15.8. The summed E-state index contributed by atoms with van der Waals surface area (Å²) >= 11 is 0. The molecule has 0 bridgehead atoms. The molecule has 1 N–H and O–H groups in total. The van der Waals surface area contributed by atoms with Crippen LogP contribution in [0.25, 0.3) is 0 Å². The summed E-state index contributed by atoms with van der Waals surface area (Å²) in [5.74, 6) is 0. The molecule has 0 aliphatic carbocycles. The molecule has 0 atom stereocenters. The smallest absolute Gasteiger partial charge is 0.265 e. The van der Waals surface area contributed by atoms with E-state index in [9.17, 15) is 13.5 Å². The molecule has 1 heterocycles. The summed E-state index contributed by atoms with van der Waals surface area (Å²) in [6.07, 6.45) is 1.51. The van der Waals surface area contributed by atoms with Gasteiger partial charge in [-0.3, -0.25) is 4.31 Å². The van der Waals surface area contributed by atoms with E-state index in [1.165, 1.54) is 16.6 Å². The van der Waals surface area contributed by atoms with Gasteiger partial charge >= 0.3 is 0 Å². The molecule has 1 aromatic heterocycles. The lowest BCUT2D eigenvalue weighted by Gasteiger charge is -2.21. The van der Waals surface area contributed by atoms with E-state index in [-0.39, 0.29) is 11.5 Å². The Balaban J connectivity index is 2.47. The van der Waals surface area contributed by atoms with Crippen molar-refractivity contribution < 1.29 is 13.5 Å². The Labute approximate surface area is 125 Å². The second-order valence-electron chi connectivity index (χ2n) is 5.20. The molecule has 0 radical (unpaired) electrons. The van der Waals surface area contributed by atoms with Crippen molar-refractivity contribution in [1.82, 2.24) is 4.57 Å². The first-order chi connectivity index (χ1) is 9.77. The fourth-order valence-corrected chi connectivity index (χ4v) is 3.68. The Kier molecular flexibility index (Phi) is 4.11. The molecular weight excluding hydrogens is 288 g/mol. The molecule has 6 heteroatoms. The second kappa shape index (κ2) is 5.54. The minimum absolute atomic E-state index is 0.177. The highest BCUT2D eigenvalue weighted by Gasteiger charge is 2.24. The highest BCUT2D eigenvalue weighted by atomic mass is 32.2. The van der Waals surface area contributed by atoms with E-state index in [2.05, 4.69) is 0 Å². The normalized spacial score (nSPS) is 11.7. The SMILES string of the molecule is Cc1ccc(N(C)S(=O)(=O)c2cc(CO)n(C)c2)c(C)c1. The maximum absolute atomic E-state index is 12.7. The minimum Gasteiger partial charge on any atom is -0.390 e. The summed E-state index contributed by atoms with van der Waals surface area (Å²) in [6.45, 7) is 3.66. The van der Waals surface area contributed by atoms with Crippen molar-refractivity contribution in [3.63, 3.8) is 0 Å². The van der Waals surface area contributed by atoms with Crippen molar-refractivity contribution in [3.05, 3.63) is 47.3 Å². The molecule has 5 nitrogen and oxygen atoms in total. The van der Waals surface area contributed by atoms with Crippen LogP contribution in [0.3, 0.4) is 0 Å². The second-order valence-corrected chi connectivity index (χ2v) is 7.17. The fraction of sp³-hybridized carbons (Fsp3) is 0.333. The van der Waals surface area contributed by atoms with Crippen molar-refractivity contribution >= 4 is 15.7 Å². The predicted octanol–water partition coefficient (Wildman–Crippen LogP) is 1.96. The van der Waals surface area contributed by atoms with Crippen molar-refractivity contribution in [2.75, 3.05) is 11.4 Å². The maximum Gasteiger partial charge on any atom is 0.265 e. The molecule has 0 fully saturated rings. The number of aromatic nitrogens is 1. The number of aliphatic hydroxyl groups is 1. The van der Waals surface area contributed by atoms with E-state index in [0.29, 0.717) is 11.4 Å². The number of nitrogens with zero attached hydrogens (tertiary/aromatic N) is 2. The lowest BCUT2D eigenvalue weighted by molar-refractivity contribution is 0.272. The largest absolute Gasteiger partial charge is 0.390 e. The van der Waals surface area contributed by atoms with Gasteiger partial charge in [-0.2, -0.15) is 0 Å². The van der Waals surface area contributed by atoms with Crippen LogP contribution in [-0.2, 0) is 23.7 Å². The molecule has 1 aromatic carbocycles. The average molecular weight is 308 g/mol. The monoisotopic (exact) mass is 308 g/mol. The summed E-state index contributed by atoms with van der Waals surface area (Å²) in [5, 5.41) is 9.20. The number of aliphatic hydroxyl groups excluding tert-OH is 1. The van der Waals surface area contributed by atoms with Crippen molar-refractivity contribution in [2.24, 2.45) is 7.05 Å². The van der Waals surface area contributed by atoms with Gasteiger partial charge in [0.25, 0.3) is 10.0 Å². The first-order valence-electron chi connectivity index (χ1n) is 6.59. The fourth-order valence-electron chi connectivity index (χ4n) is 2.32. The first-order valence-corrected chi connectivity index (χ1v) is 8.03. The summed E-state index contributed by atoms with van der Waals surface area (Å²) < 4.78 is 28.3. The van der Waals surface area contributed by atoms with E-state index in [0.717, 1.165) is 11.1 Å². The van der Waals surface area contributed by atoms with Gasteiger partial charge < -0.3 is 9.67 Å². The third kappa shape index (κ3) is 2.82. The molecule has 0 saturated heterocycles. The van der Waals surface area contributed by atoms with Gasteiger partial charge in [-0.05, 0) is 31.5 Å². The third-order valence-electron chi connectivity index (χ3n) is 3.59. The van der Waals surface area contributed by atoms with Crippen molar-refractivity contribution in [3.8, 4) is 0 Å². The van der Waals surface area contributed by atoms with E-state index < -0.39 is 10.0 Å². The van der Waals surface area contributed by atoms with Crippen molar-refractivity contribution in [2.45, 2.75) is 25.3 Å². The molecule has 0 aliphatic heterocycles. The van der Waals surface area contributed by atoms with Gasteiger partial charge in [0.2, 0.25) is 0 Å². The number of anilines is 1. The van der Waals surface area contributed by atoms with Crippen LogP contribution >= 0.6 is 0 Å². The highest BCUT2D eigenvalue weighted by molar-refractivity contribution is 7.92. The van der Waals surface area contributed by atoms with E-state index in [1.807, 2.05) is 26.0 Å². The van der Waals surface area contributed by atoms with Crippen molar-refractivity contribution in [1.29, 1.82) is 0 Å². The van der Waals surface area contributed by atoms with Crippen LogP contribution in [0.4, 0.5) is 5.69 Å². The van der Waals surface area contributed by atoms with Crippen LogP contribution in [0.15, 0.2) is 35.4 Å². The van der Waals surface area contributed by atoms with E-state index in [4.69, 9.17) is 0 Å². The number of sulfonamides is 1. The van der Waals surface area contributed by atoms with Gasteiger partial charge in [-0.15, -0.1) is 0 Å². The summed E-state index contributed by atoms with van der Waals surface area (Å²) in [6, 6.07) is 7.14. The lowest BCUT2D eigenvalue weighted by atomic mass is 10.1. The summed E-state index contributed by atoms with van der Waals surface area (Å²) in [4.78, 5) is 0.177. The Hall–Kier alpha value is -1.79. The molecular formula is C15H20N2O3S. The molecule has 114 valence electrons. The number of hydrogen-bond acceptors (Lipinski definition) is 3. The molecule has 21 heavy (non-hydrogen) atoms. The van der Waals surface area contributed by atoms with Gasteiger partial charge in [0, 0.05) is 26.0 Å². The topological polar surface area (TPSA) is 62.5 Å². The van der Waals surface area contributed by atoms with Gasteiger partial charge in [0.1, 0.15) is 4.90 Å². The van der Waals surface area contributed by atoms with Crippen LogP contribution in [0.5, 0.6) is 0 Å². The number of rotatable bonds is 4. The molecule has 2 aromatic rings. The highest BCUT2D eigenvalue weighted by Crippen LogP contribution is 2.26. The molecule has 0 amide bonds. The van der Waals surface area contributed by atoms with E-state index >= 15 is 0 Å². The van der Waals surface area contributed by atoms with Gasteiger partial charge in [-0.25, -0.2) is 8.42 Å². The molecule has 2 rings (SSSR count). The molecule has 0 spiro atoms. The summed E-state index contributed by atoms with van der Waals surface area (Å²) in [5.41, 5.74) is 3.20. The average Bonchev–Trinajstić information content (AvgIpc) is 2.80. The zero-order valence-electron chi connectivity index (χ0n) is 12.7. The van der Waals surface area contributed by atoms with E-state index in [1.54, 1.807) is 24.7 Å². The number of aryl methyl sites for hydroxylation is 3. The van der Waals surface area contributed by atoms with Crippen LogP contribution in [-0.4, -0.2) is 25.1 Å². The van der Waals surface area contributed by atoms with Gasteiger partial charge in [0.05, 0.1) is 12.3 Å². The Bertz CT molecular complexity index is 763. The standard InChI is InChI=1S/C15H20N2O3S/c1-11-5-6-15(12(2)7-11)17(4)21(19,20)14-8-13(10-18)16(3)9-14/h5-9,18H,10H2,1-4H3. The van der Waals surface area contributed by atoms with Crippen LogP contribution in [0, 0.1) is 13.8 Å². The lowest BCUT2D eigenvalue weighted by Crippen LogP contribution is -2.27. The molecule has 0 saturated carbocycles. The zero-order valence-corrected chi connectivity index (χ0v) is 13.5. The maximum atomic E-state index is 12.7. The van der Waals surface area contributed by atoms with Crippen LogP contribution < -0.4 is 4.31 Å². The molecule has 0 aliphatic rings. The van der Waals surface area contributed by atoms with Gasteiger partial charge in [0.15, 0.2) is 0 Å². The number of hydrogen-bond donors (Lipinski definition) is 1. The Morgan fingerprint density at radius 3 is 2.43 bits per heavy atom. The summed E-state index contributed by atoms with van der Waals surface area (Å²) in [7, 11) is -0.387. The van der Waals surface area contributed by atoms with Crippen LogP contribution in [0.1, 0.15) is 16.8 Å². The quantitative estimate of drug-likeness (QED) is 0.939. The van der Waals surface area contributed by atoms with Crippen LogP contribution in [0.2, 0.25) is 0 Å². The molecule has 0 unspecified atom stereocenters. The predicted molar refractivity (Wildman–Crippen MR) is 82.8 cm³/mol. The third-order valence-corrected chi connectivity index (χ3v) is 5.33.